The number of hydrogen-bond acceptors (Lipinski definition) is 6. The second-order valence-corrected chi connectivity index (χ2v) is 8.41. The maximum absolute atomic E-state index is 12.8. The molecule has 3 aliphatic rings. The van der Waals surface area contributed by atoms with Crippen LogP contribution in [0.1, 0.15) is 44.1 Å². The van der Waals surface area contributed by atoms with E-state index in [1.54, 1.807) is 13.3 Å². The first-order valence-electron chi connectivity index (χ1n) is 10.9. The molecule has 1 atom stereocenters. The SMILES string of the molecule is COc1nccc(N2CCC(N3CCCC(C(=O)N4CCCC4)C3)CC2)c1C#N. The van der Waals surface area contributed by atoms with Crippen LogP contribution in [0, 0.1) is 17.2 Å². The van der Waals surface area contributed by atoms with E-state index >= 15 is 0 Å². The fourth-order valence-electron chi connectivity index (χ4n) is 5.16. The Hall–Kier alpha value is -2.33. The van der Waals surface area contributed by atoms with E-state index in [1.807, 2.05) is 6.07 Å². The van der Waals surface area contributed by atoms with Gasteiger partial charge in [-0.25, -0.2) is 4.98 Å². The Morgan fingerprint density at radius 1 is 1.14 bits per heavy atom. The van der Waals surface area contributed by atoms with Crippen LogP contribution in [-0.4, -0.2) is 73.1 Å². The van der Waals surface area contributed by atoms with E-state index in [-0.39, 0.29) is 5.92 Å². The van der Waals surface area contributed by atoms with Crippen molar-refractivity contribution >= 4 is 11.6 Å². The van der Waals surface area contributed by atoms with Gasteiger partial charge in [0.2, 0.25) is 11.8 Å². The third-order valence-electron chi connectivity index (χ3n) is 6.74. The first-order valence-corrected chi connectivity index (χ1v) is 10.9. The standard InChI is InChI=1S/C22H31N5O2/c1-29-21-19(15-23)20(6-9-24-21)25-13-7-18(8-14-25)27-12-4-5-17(16-27)22(28)26-10-2-3-11-26/h6,9,17-18H,2-5,7-8,10-14,16H2,1H3. The van der Waals surface area contributed by atoms with Gasteiger partial charge in [-0.1, -0.05) is 0 Å². The Balaban J connectivity index is 1.36. The van der Waals surface area contributed by atoms with E-state index < -0.39 is 0 Å². The van der Waals surface area contributed by atoms with Crippen LogP contribution in [0.5, 0.6) is 5.88 Å². The minimum Gasteiger partial charge on any atom is -0.480 e. The van der Waals surface area contributed by atoms with Crippen LogP contribution in [0.15, 0.2) is 12.3 Å². The van der Waals surface area contributed by atoms with Crippen molar-refractivity contribution in [1.82, 2.24) is 14.8 Å². The number of carbonyl (C=O) groups excluding carboxylic acids is 1. The third-order valence-corrected chi connectivity index (χ3v) is 6.74. The van der Waals surface area contributed by atoms with Crippen molar-refractivity contribution in [3.05, 3.63) is 17.8 Å². The molecular formula is C22H31N5O2. The lowest BCUT2D eigenvalue weighted by atomic mass is 9.92. The molecule has 3 fully saturated rings. The molecule has 0 aromatic carbocycles. The molecule has 1 aromatic rings. The minimum atomic E-state index is 0.175. The summed E-state index contributed by atoms with van der Waals surface area (Å²) < 4.78 is 5.26. The number of aromatic nitrogens is 1. The topological polar surface area (TPSA) is 72.7 Å². The van der Waals surface area contributed by atoms with Crippen molar-refractivity contribution in [2.45, 2.75) is 44.6 Å². The molecule has 156 valence electrons. The predicted molar refractivity (Wildman–Crippen MR) is 111 cm³/mol. The largest absolute Gasteiger partial charge is 0.480 e. The van der Waals surface area contributed by atoms with Gasteiger partial charge in [0.15, 0.2) is 0 Å². The Morgan fingerprint density at radius 2 is 1.90 bits per heavy atom. The summed E-state index contributed by atoms with van der Waals surface area (Å²) >= 11 is 0. The summed E-state index contributed by atoms with van der Waals surface area (Å²) in [6.45, 7) is 5.73. The van der Waals surface area contributed by atoms with E-state index in [1.165, 1.54) is 0 Å². The number of piperidine rings is 2. The Bertz CT molecular complexity index is 763. The third kappa shape index (κ3) is 4.18. The fourth-order valence-corrected chi connectivity index (χ4v) is 5.16. The van der Waals surface area contributed by atoms with Crippen LogP contribution in [0.4, 0.5) is 5.69 Å². The molecule has 3 saturated heterocycles. The number of anilines is 1. The van der Waals surface area contributed by atoms with Gasteiger partial charge in [-0.15, -0.1) is 0 Å². The fraction of sp³-hybridized carbons (Fsp3) is 0.682. The van der Waals surface area contributed by atoms with Gasteiger partial charge in [-0.3, -0.25) is 9.69 Å². The monoisotopic (exact) mass is 397 g/mol. The zero-order valence-electron chi connectivity index (χ0n) is 17.3. The van der Waals surface area contributed by atoms with Crippen LogP contribution in [0.25, 0.3) is 0 Å². The van der Waals surface area contributed by atoms with Crippen molar-refractivity contribution in [1.29, 1.82) is 5.26 Å². The Morgan fingerprint density at radius 3 is 2.59 bits per heavy atom. The number of nitrogens with zero attached hydrogens (tertiary/aromatic N) is 5. The molecule has 1 aromatic heterocycles. The maximum atomic E-state index is 12.8. The molecule has 1 unspecified atom stereocenters. The smallest absolute Gasteiger partial charge is 0.233 e. The van der Waals surface area contributed by atoms with Gasteiger partial charge < -0.3 is 14.5 Å². The number of likely N-dealkylation sites (tertiary alicyclic amines) is 2. The zero-order valence-corrected chi connectivity index (χ0v) is 17.3. The van der Waals surface area contributed by atoms with Gasteiger partial charge in [-0.2, -0.15) is 5.26 Å². The summed E-state index contributed by atoms with van der Waals surface area (Å²) in [7, 11) is 1.55. The lowest BCUT2D eigenvalue weighted by Gasteiger charge is -2.43. The predicted octanol–water partition coefficient (Wildman–Crippen LogP) is 2.27. The van der Waals surface area contributed by atoms with Gasteiger partial charge in [0.1, 0.15) is 11.6 Å². The molecule has 7 heteroatoms. The molecule has 0 radical (unpaired) electrons. The Kier molecular flexibility index (Phi) is 6.19. The number of amides is 1. The molecule has 0 spiro atoms. The van der Waals surface area contributed by atoms with E-state index in [0.29, 0.717) is 23.4 Å². The summed E-state index contributed by atoms with van der Waals surface area (Å²) in [4.78, 5) is 23.9. The first kappa shape index (κ1) is 20.0. The summed E-state index contributed by atoms with van der Waals surface area (Å²) in [5, 5.41) is 9.55. The molecule has 29 heavy (non-hydrogen) atoms. The van der Waals surface area contributed by atoms with Crippen molar-refractivity contribution in [2.24, 2.45) is 5.92 Å². The number of pyridine rings is 1. The van der Waals surface area contributed by atoms with Gasteiger partial charge >= 0.3 is 0 Å². The highest BCUT2D eigenvalue weighted by molar-refractivity contribution is 5.79. The van der Waals surface area contributed by atoms with Crippen LogP contribution in [0.3, 0.4) is 0 Å². The molecule has 4 rings (SSSR count). The van der Waals surface area contributed by atoms with E-state index in [4.69, 9.17) is 4.74 Å². The highest BCUT2D eigenvalue weighted by Gasteiger charge is 2.34. The van der Waals surface area contributed by atoms with Crippen LogP contribution < -0.4 is 9.64 Å². The van der Waals surface area contributed by atoms with E-state index in [2.05, 4.69) is 25.8 Å². The quantitative estimate of drug-likeness (QED) is 0.776. The summed E-state index contributed by atoms with van der Waals surface area (Å²) in [6, 6.07) is 4.68. The number of hydrogen-bond donors (Lipinski definition) is 0. The second kappa shape index (κ2) is 9.00. The molecular weight excluding hydrogens is 366 g/mol. The number of carbonyl (C=O) groups is 1. The highest BCUT2D eigenvalue weighted by atomic mass is 16.5. The zero-order chi connectivity index (χ0) is 20.2. The normalized spacial score (nSPS) is 23.8. The lowest BCUT2D eigenvalue weighted by Crippen LogP contribution is -2.51. The molecule has 7 nitrogen and oxygen atoms in total. The molecule has 0 N–H and O–H groups in total. The van der Waals surface area contributed by atoms with Crippen molar-refractivity contribution in [2.75, 3.05) is 51.3 Å². The van der Waals surface area contributed by atoms with Crippen LogP contribution >= 0.6 is 0 Å². The van der Waals surface area contributed by atoms with E-state index in [0.717, 1.165) is 83.5 Å². The van der Waals surface area contributed by atoms with Gasteiger partial charge in [0, 0.05) is 45.0 Å². The van der Waals surface area contributed by atoms with Crippen molar-refractivity contribution in [3.8, 4) is 11.9 Å². The molecule has 0 saturated carbocycles. The highest BCUT2D eigenvalue weighted by Crippen LogP contribution is 2.31. The summed E-state index contributed by atoms with van der Waals surface area (Å²) in [5.41, 5.74) is 1.43. The minimum absolute atomic E-state index is 0.175. The average Bonchev–Trinajstić information content (AvgIpc) is 3.33. The number of methoxy groups -OCH3 is 1. The second-order valence-electron chi connectivity index (χ2n) is 8.41. The molecule has 3 aliphatic heterocycles. The number of rotatable bonds is 4. The van der Waals surface area contributed by atoms with Gasteiger partial charge in [0.05, 0.1) is 18.7 Å². The van der Waals surface area contributed by atoms with Crippen LogP contribution in [0.2, 0.25) is 0 Å². The molecule has 4 heterocycles. The van der Waals surface area contributed by atoms with Gasteiger partial charge in [0.25, 0.3) is 0 Å². The maximum Gasteiger partial charge on any atom is 0.233 e. The molecule has 1 amide bonds. The number of nitriles is 1. The molecule has 0 aliphatic carbocycles. The molecule has 0 bridgehead atoms. The Labute approximate surface area is 173 Å². The average molecular weight is 398 g/mol. The number of ether oxygens (including phenoxy) is 1. The first-order chi connectivity index (χ1) is 14.2. The lowest BCUT2D eigenvalue weighted by molar-refractivity contribution is -0.136. The summed E-state index contributed by atoms with van der Waals surface area (Å²) in [5.74, 6) is 0.952. The van der Waals surface area contributed by atoms with Crippen molar-refractivity contribution in [3.63, 3.8) is 0 Å². The van der Waals surface area contributed by atoms with Gasteiger partial charge in [-0.05, 0) is 51.1 Å². The van der Waals surface area contributed by atoms with Crippen LogP contribution in [-0.2, 0) is 4.79 Å². The van der Waals surface area contributed by atoms with E-state index in [9.17, 15) is 10.1 Å². The van der Waals surface area contributed by atoms with Crippen molar-refractivity contribution < 1.29 is 9.53 Å². The summed E-state index contributed by atoms with van der Waals surface area (Å²) in [6.07, 6.45) is 8.29.